The fourth-order valence-corrected chi connectivity index (χ4v) is 1.75. The lowest BCUT2D eigenvalue weighted by atomic mass is 9.94. The molecule has 0 saturated carbocycles. The van der Waals surface area contributed by atoms with Gasteiger partial charge in [0.05, 0.1) is 6.61 Å². The van der Waals surface area contributed by atoms with Crippen molar-refractivity contribution in [3.63, 3.8) is 0 Å². The summed E-state index contributed by atoms with van der Waals surface area (Å²) in [6.07, 6.45) is 0. The molecule has 1 aromatic carbocycles. The average Bonchev–Trinajstić information content (AvgIpc) is 2.13. The van der Waals surface area contributed by atoms with Crippen molar-refractivity contribution in [1.82, 2.24) is 0 Å². The molecule has 0 saturated heterocycles. The minimum atomic E-state index is 0.587. The standard InChI is InChI=1S/C13H20O/c1-6-14-13-8-7-12(9(2)3)10(4)11(13)5/h7-9H,6H2,1-5H3. The molecule has 0 atom stereocenters. The molecule has 0 fully saturated rings. The molecular formula is C13H20O. The highest BCUT2D eigenvalue weighted by Gasteiger charge is 2.08. The van der Waals surface area contributed by atoms with Crippen LogP contribution in [0.15, 0.2) is 12.1 Å². The predicted molar refractivity (Wildman–Crippen MR) is 61.2 cm³/mol. The van der Waals surface area contributed by atoms with Gasteiger partial charge in [-0.05, 0) is 49.4 Å². The maximum atomic E-state index is 5.55. The molecule has 78 valence electrons. The first kappa shape index (κ1) is 11.1. The van der Waals surface area contributed by atoms with Crippen LogP contribution in [-0.2, 0) is 0 Å². The van der Waals surface area contributed by atoms with Gasteiger partial charge in [0.25, 0.3) is 0 Å². The quantitative estimate of drug-likeness (QED) is 0.707. The summed E-state index contributed by atoms with van der Waals surface area (Å²) in [5.74, 6) is 1.61. The molecule has 0 spiro atoms. The zero-order valence-electron chi connectivity index (χ0n) is 9.85. The maximum absolute atomic E-state index is 5.55. The molecule has 1 heteroatoms. The second-order valence-electron chi connectivity index (χ2n) is 3.99. The first-order chi connectivity index (χ1) is 6.57. The Morgan fingerprint density at radius 2 is 1.79 bits per heavy atom. The fourth-order valence-electron chi connectivity index (χ4n) is 1.75. The molecule has 0 aromatic heterocycles. The van der Waals surface area contributed by atoms with Crippen molar-refractivity contribution < 1.29 is 4.74 Å². The fraction of sp³-hybridized carbons (Fsp3) is 0.538. The van der Waals surface area contributed by atoms with Crippen molar-refractivity contribution >= 4 is 0 Å². The highest BCUT2D eigenvalue weighted by atomic mass is 16.5. The van der Waals surface area contributed by atoms with Crippen LogP contribution in [0.5, 0.6) is 5.75 Å². The molecule has 0 heterocycles. The van der Waals surface area contributed by atoms with Gasteiger partial charge in [0.2, 0.25) is 0 Å². The Morgan fingerprint density at radius 1 is 1.14 bits per heavy atom. The summed E-state index contributed by atoms with van der Waals surface area (Å²) in [7, 11) is 0. The summed E-state index contributed by atoms with van der Waals surface area (Å²) >= 11 is 0. The van der Waals surface area contributed by atoms with Gasteiger partial charge in [0.15, 0.2) is 0 Å². The van der Waals surface area contributed by atoms with Crippen molar-refractivity contribution in [2.75, 3.05) is 6.61 Å². The van der Waals surface area contributed by atoms with Crippen LogP contribution in [-0.4, -0.2) is 6.61 Å². The Balaban J connectivity index is 3.12. The van der Waals surface area contributed by atoms with Crippen LogP contribution < -0.4 is 4.74 Å². The van der Waals surface area contributed by atoms with E-state index in [1.54, 1.807) is 0 Å². The second-order valence-corrected chi connectivity index (χ2v) is 3.99. The van der Waals surface area contributed by atoms with E-state index in [-0.39, 0.29) is 0 Å². The predicted octanol–water partition coefficient (Wildman–Crippen LogP) is 3.83. The Morgan fingerprint density at radius 3 is 2.29 bits per heavy atom. The molecule has 0 bridgehead atoms. The van der Waals surface area contributed by atoms with Gasteiger partial charge in [0, 0.05) is 0 Å². The van der Waals surface area contributed by atoms with Crippen molar-refractivity contribution in [3.05, 3.63) is 28.8 Å². The number of hydrogen-bond acceptors (Lipinski definition) is 1. The van der Waals surface area contributed by atoms with Gasteiger partial charge in [-0.2, -0.15) is 0 Å². The number of rotatable bonds is 3. The highest BCUT2D eigenvalue weighted by Crippen LogP contribution is 2.28. The topological polar surface area (TPSA) is 9.23 Å². The van der Waals surface area contributed by atoms with Crippen LogP contribution in [0.3, 0.4) is 0 Å². The number of benzene rings is 1. The first-order valence-corrected chi connectivity index (χ1v) is 5.30. The molecule has 0 aliphatic carbocycles. The zero-order chi connectivity index (χ0) is 10.7. The summed E-state index contributed by atoms with van der Waals surface area (Å²) in [5.41, 5.74) is 4.06. The minimum Gasteiger partial charge on any atom is -0.494 e. The van der Waals surface area contributed by atoms with Gasteiger partial charge in [0.1, 0.15) is 5.75 Å². The van der Waals surface area contributed by atoms with E-state index in [1.165, 1.54) is 16.7 Å². The van der Waals surface area contributed by atoms with E-state index >= 15 is 0 Å². The first-order valence-electron chi connectivity index (χ1n) is 5.30. The molecule has 14 heavy (non-hydrogen) atoms. The third-order valence-corrected chi connectivity index (χ3v) is 2.70. The SMILES string of the molecule is CCOc1ccc(C(C)C)c(C)c1C. The van der Waals surface area contributed by atoms with E-state index in [1.807, 2.05) is 6.92 Å². The van der Waals surface area contributed by atoms with Crippen LogP contribution in [0.4, 0.5) is 0 Å². The highest BCUT2D eigenvalue weighted by molar-refractivity contribution is 5.44. The van der Waals surface area contributed by atoms with Crippen LogP contribution in [0.1, 0.15) is 43.4 Å². The van der Waals surface area contributed by atoms with Crippen molar-refractivity contribution in [2.45, 2.75) is 40.5 Å². The molecule has 1 aromatic rings. The Hall–Kier alpha value is -0.980. The molecule has 0 amide bonds. The van der Waals surface area contributed by atoms with Crippen LogP contribution in [0.25, 0.3) is 0 Å². The normalized spacial score (nSPS) is 10.7. The third kappa shape index (κ3) is 2.09. The van der Waals surface area contributed by atoms with Gasteiger partial charge in [-0.25, -0.2) is 0 Å². The lowest BCUT2D eigenvalue weighted by Crippen LogP contribution is -1.99. The lowest BCUT2D eigenvalue weighted by Gasteiger charge is -2.15. The van der Waals surface area contributed by atoms with Crippen LogP contribution >= 0.6 is 0 Å². The molecule has 0 aliphatic rings. The summed E-state index contributed by atoms with van der Waals surface area (Å²) in [5, 5.41) is 0. The van der Waals surface area contributed by atoms with Gasteiger partial charge >= 0.3 is 0 Å². The summed E-state index contributed by atoms with van der Waals surface area (Å²) in [6, 6.07) is 4.26. The smallest absolute Gasteiger partial charge is 0.122 e. The zero-order valence-corrected chi connectivity index (χ0v) is 9.85. The van der Waals surface area contributed by atoms with E-state index in [4.69, 9.17) is 4.74 Å². The summed E-state index contributed by atoms with van der Waals surface area (Å²) < 4.78 is 5.55. The molecule has 0 radical (unpaired) electrons. The van der Waals surface area contributed by atoms with Gasteiger partial charge in [-0.3, -0.25) is 0 Å². The second kappa shape index (κ2) is 4.50. The van der Waals surface area contributed by atoms with E-state index in [0.29, 0.717) is 5.92 Å². The average molecular weight is 192 g/mol. The van der Waals surface area contributed by atoms with Crippen LogP contribution in [0, 0.1) is 13.8 Å². The van der Waals surface area contributed by atoms with E-state index in [9.17, 15) is 0 Å². The summed E-state index contributed by atoms with van der Waals surface area (Å²) in [4.78, 5) is 0. The molecule has 1 nitrogen and oxygen atoms in total. The summed E-state index contributed by atoms with van der Waals surface area (Å²) in [6.45, 7) is 11.5. The van der Waals surface area contributed by atoms with E-state index in [2.05, 4.69) is 39.8 Å². The molecule has 0 aliphatic heterocycles. The van der Waals surface area contributed by atoms with E-state index in [0.717, 1.165) is 12.4 Å². The molecule has 0 unspecified atom stereocenters. The number of ether oxygens (including phenoxy) is 1. The Kier molecular flexibility index (Phi) is 3.56. The lowest BCUT2D eigenvalue weighted by molar-refractivity contribution is 0.337. The van der Waals surface area contributed by atoms with Crippen molar-refractivity contribution in [3.8, 4) is 5.75 Å². The van der Waals surface area contributed by atoms with Gasteiger partial charge < -0.3 is 4.74 Å². The van der Waals surface area contributed by atoms with Crippen molar-refractivity contribution in [1.29, 1.82) is 0 Å². The van der Waals surface area contributed by atoms with Crippen molar-refractivity contribution in [2.24, 2.45) is 0 Å². The van der Waals surface area contributed by atoms with E-state index < -0.39 is 0 Å². The molecular weight excluding hydrogens is 172 g/mol. The van der Waals surface area contributed by atoms with Crippen LogP contribution in [0.2, 0.25) is 0 Å². The maximum Gasteiger partial charge on any atom is 0.122 e. The molecule has 0 N–H and O–H groups in total. The minimum absolute atomic E-state index is 0.587. The van der Waals surface area contributed by atoms with Gasteiger partial charge in [-0.1, -0.05) is 19.9 Å². The Bertz CT molecular complexity index is 313. The molecule has 1 rings (SSSR count). The third-order valence-electron chi connectivity index (χ3n) is 2.70. The van der Waals surface area contributed by atoms with Gasteiger partial charge in [-0.15, -0.1) is 0 Å². The largest absolute Gasteiger partial charge is 0.494 e. The monoisotopic (exact) mass is 192 g/mol. The number of hydrogen-bond donors (Lipinski definition) is 0. The Labute approximate surface area is 87.1 Å².